The molecule has 3 aromatic rings. The van der Waals surface area contributed by atoms with Gasteiger partial charge in [0.2, 0.25) is 0 Å². The van der Waals surface area contributed by atoms with Gasteiger partial charge in [-0.2, -0.15) is 0 Å². The molecule has 0 N–H and O–H groups in total. The first-order valence-electron chi connectivity index (χ1n) is 8.26. The second kappa shape index (κ2) is 8.09. The fourth-order valence-corrected chi connectivity index (χ4v) is 3.34. The van der Waals surface area contributed by atoms with E-state index in [0.717, 1.165) is 16.8 Å². The van der Waals surface area contributed by atoms with E-state index >= 15 is 0 Å². The number of aryl methyl sites for hydroxylation is 2. The summed E-state index contributed by atoms with van der Waals surface area (Å²) in [5, 5.41) is 19.8. The Hall–Kier alpha value is -3.06. The van der Waals surface area contributed by atoms with Crippen molar-refractivity contribution in [3.05, 3.63) is 81.4 Å². The first kappa shape index (κ1) is 18.7. The molecule has 0 bridgehead atoms. The Bertz CT molecular complexity index is 986. The molecule has 6 nitrogen and oxygen atoms in total. The van der Waals surface area contributed by atoms with Crippen molar-refractivity contribution in [2.75, 3.05) is 5.75 Å². The minimum atomic E-state index is -0.490. The standard InChI is InChI=1S/C20H17N3O3S/c1-13-3-8-17(14(2)11-13)18-9-10-20(22-21-18)27-12-19(24)15-4-6-16(7-5-15)23(25)26/h3-11H,12H2,1-2H3. The third-order valence-electron chi connectivity index (χ3n) is 4.05. The average molecular weight is 379 g/mol. The molecule has 136 valence electrons. The van der Waals surface area contributed by atoms with Gasteiger partial charge in [-0.25, -0.2) is 0 Å². The lowest BCUT2D eigenvalue weighted by Gasteiger charge is -2.06. The number of Topliss-reactive ketones (excluding diaryl/α,β-unsaturated/α-hetero) is 1. The maximum Gasteiger partial charge on any atom is 0.269 e. The van der Waals surface area contributed by atoms with Crippen molar-refractivity contribution in [3.63, 3.8) is 0 Å². The third kappa shape index (κ3) is 4.57. The highest BCUT2D eigenvalue weighted by molar-refractivity contribution is 7.99. The van der Waals surface area contributed by atoms with Crippen molar-refractivity contribution in [2.24, 2.45) is 0 Å². The molecule has 0 aliphatic carbocycles. The smallest absolute Gasteiger partial charge is 0.269 e. The molecule has 0 saturated carbocycles. The molecule has 0 unspecified atom stereocenters. The zero-order valence-electron chi connectivity index (χ0n) is 14.9. The second-order valence-electron chi connectivity index (χ2n) is 6.09. The van der Waals surface area contributed by atoms with Crippen LogP contribution < -0.4 is 0 Å². The molecule has 0 spiro atoms. The fraction of sp³-hybridized carbons (Fsp3) is 0.150. The van der Waals surface area contributed by atoms with Gasteiger partial charge < -0.3 is 0 Å². The maximum atomic E-state index is 12.2. The summed E-state index contributed by atoms with van der Waals surface area (Å²) in [6, 6.07) is 15.5. The molecule has 0 atom stereocenters. The van der Waals surface area contributed by atoms with Crippen LogP contribution in [0.5, 0.6) is 0 Å². The van der Waals surface area contributed by atoms with E-state index in [1.54, 1.807) is 0 Å². The number of benzene rings is 2. The molecule has 0 aliphatic rings. The van der Waals surface area contributed by atoms with Gasteiger partial charge in [-0.05, 0) is 43.7 Å². The molecule has 27 heavy (non-hydrogen) atoms. The minimum absolute atomic E-state index is 0.0351. The molecule has 2 aromatic carbocycles. The van der Waals surface area contributed by atoms with Crippen LogP contribution in [0.4, 0.5) is 5.69 Å². The Kier molecular flexibility index (Phi) is 5.61. The first-order valence-corrected chi connectivity index (χ1v) is 9.24. The molecule has 0 saturated heterocycles. The molecular formula is C20H17N3O3S. The van der Waals surface area contributed by atoms with Crippen LogP contribution in [0.25, 0.3) is 11.3 Å². The molecule has 0 aliphatic heterocycles. The number of ketones is 1. The van der Waals surface area contributed by atoms with Gasteiger partial charge in [0.05, 0.1) is 16.4 Å². The summed E-state index contributed by atoms with van der Waals surface area (Å²) in [6.45, 7) is 4.08. The highest BCUT2D eigenvalue weighted by atomic mass is 32.2. The lowest BCUT2D eigenvalue weighted by Crippen LogP contribution is -2.03. The number of thioether (sulfide) groups is 1. The molecule has 0 radical (unpaired) electrons. The van der Waals surface area contributed by atoms with Gasteiger partial charge in [0.15, 0.2) is 5.78 Å². The number of carbonyl (C=O) groups is 1. The summed E-state index contributed by atoms with van der Waals surface area (Å²) in [4.78, 5) is 22.4. The van der Waals surface area contributed by atoms with Crippen molar-refractivity contribution in [2.45, 2.75) is 18.9 Å². The van der Waals surface area contributed by atoms with E-state index in [4.69, 9.17) is 0 Å². The largest absolute Gasteiger partial charge is 0.293 e. The summed E-state index contributed by atoms with van der Waals surface area (Å²) < 4.78 is 0. The number of nitro benzene ring substituents is 1. The lowest BCUT2D eigenvalue weighted by molar-refractivity contribution is -0.384. The van der Waals surface area contributed by atoms with Gasteiger partial charge in [-0.15, -0.1) is 10.2 Å². The maximum absolute atomic E-state index is 12.2. The normalized spacial score (nSPS) is 10.6. The van der Waals surface area contributed by atoms with E-state index in [1.165, 1.54) is 41.6 Å². The highest BCUT2D eigenvalue weighted by Crippen LogP contribution is 2.24. The molecular weight excluding hydrogens is 362 g/mol. The van der Waals surface area contributed by atoms with Crippen LogP contribution in [0, 0.1) is 24.0 Å². The van der Waals surface area contributed by atoms with Crippen LogP contribution >= 0.6 is 11.8 Å². The van der Waals surface area contributed by atoms with Crippen LogP contribution in [-0.4, -0.2) is 26.7 Å². The van der Waals surface area contributed by atoms with Crippen LogP contribution in [0.1, 0.15) is 21.5 Å². The topological polar surface area (TPSA) is 86.0 Å². The first-order chi connectivity index (χ1) is 12.9. The fourth-order valence-electron chi connectivity index (χ4n) is 2.63. The van der Waals surface area contributed by atoms with Gasteiger partial charge in [0.25, 0.3) is 5.69 Å². The number of rotatable bonds is 6. The zero-order chi connectivity index (χ0) is 19.4. The number of carbonyl (C=O) groups excluding carboxylic acids is 1. The predicted molar refractivity (Wildman–Crippen MR) is 105 cm³/mol. The minimum Gasteiger partial charge on any atom is -0.293 e. The highest BCUT2D eigenvalue weighted by Gasteiger charge is 2.11. The van der Waals surface area contributed by atoms with E-state index in [2.05, 4.69) is 16.3 Å². The summed E-state index contributed by atoms with van der Waals surface area (Å²) in [7, 11) is 0. The second-order valence-corrected chi connectivity index (χ2v) is 7.09. The summed E-state index contributed by atoms with van der Waals surface area (Å²) in [5.41, 5.74) is 4.56. The van der Waals surface area contributed by atoms with E-state index in [1.807, 2.05) is 38.1 Å². The van der Waals surface area contributed by atoms with Crippen LogP contribution in [-0.2, 0) is 0 Å². The number of nitro groups is 1. The average Bonchev–Trinajstić information content (AvgIpc) is 2.67. The van der Waals surface area contributed by atoms with Gasteiger partial charge in [0, 0.05) is 23.3 Å². The lowest BCUT2D eigenvalue weighted by atomic mass is 10.0. The summed E-state index contributed by atoms with van der Waals surface area (Å²) in [5.74, 6) is 0.0743. The number of hydrogen-bond donors (Lipinski definition) is 0. The van der Waals surface area contributed by atoms with E-state index < -0.39 is 4.92 Å². The van der Waals surface area contributed by atoms with Crippen molar-refractivity contribution < 1.29 is 9.72 Å². The Balaban J connectivity index is 1.64. The van der Waals surface area contributed by atoms with E-state index in [-0.39, 0.29) is 17.2 Å². The van der Waals surface area contributed by atoms with Crippen LogP contribution in [0.3, 0.4) is 0 Å². The number of non-ortho nitro benzene ring substituents is 1. The van der Waals surface area contributed by atoms with Gasteiger partial charge in [-0.1, -0.05) is 35.5 Å². The molecule has 1 heterocycles. The Morgan fingerprint density at radius 1 is 1.04 bits per heavy atom. The van der Waals surface area contributed by atoms with Gasteiger partial charge in [0.1, 0.15) is 5.03 Å². The molecule has 0 amide bonds. The zero-order valence-corrected chi connectivity index (χ0v) is 15.7. The van der Waals surface area contributed by atoms with Crippen molar-refractivity contribution in [1.82, 2.24) is 10.2 Å². The molecule has 7 heteroatoms. The van der Waals surface area contributed by atoms with Crippen LogP contribution in [0.15, 0.2) is 59.6 Å². The van der Waals surface area contributed by atoms with Crippen molar-refractivity contribution >= 4 is 23.2 Å². The number of nitrogens with zero attached hydrogens (tertiary/aromatic N) is 3. The van der Waals surface area contributed by atoms with E-state index in [0.29, 0.717) is 10.6 Å². The van der Waals surface area contributed by atoms with E-state index in [9.17, 15) is 14.9 Å². The van der Waals surface area contributed by atoms with Crippen molar-refractivity contribution in [1.29, 1.82) is 0 Å². The third-order valence-corrected chi connectivity index (χ3v) is 4.97. The Labute approximate surface area is 160 Å². The SMILES string of the molecule is Cc1ccc(-c2ccc(SCC(=O)c3ccc([N+](=O)[O-])cc3)nn2)c(C)c1. The van der Waals surface area contributed by atoms with Gasteiger partial charge in [-0.3, -0.25) is 14.9 Å². The van der Waals surface area contributed by atoms with Gasteiger partial charge >= 0.3 is 0 Å². The number of hydrogen-bond acceptors (Lipinski definition) is 6. The molecule has 0 fully saturated rings. The van der Waals surface area contributed by atoms with Crippen molar-refractivity contribution in [3.8, 4) is 11.3 Å². The summed E-state index contributed by atoms with van der Waals surface area (Å²) in [6.07, 6.45) is 0. The predicted octanol–water partition coefficient (Wildman–Crippen LogP) is 4.64. The Morgan fingerprint density at radius 2 is 1.78 bits per heavy atom. The molecule has 3 rings (SSSR count). The monoisotopic (exact) mass is 379 g/mol. The number of aromatic nitrogens is 2. The Morgan fingerprint density at radius 3 is 2.37 bits per heavy atom. The van der Waals surface area contributed by atoms with Crippen LogP contribution in [0.2, 0.25) is 0 Å². The quantitative estimate of drug-likeness (QED) is 0.268. The summed E-state index contributed by atoms with van der Waals surface area (Å²) >= 11 is 1.29. The molecule has 1 aromatic heterocycles.